The SMILES string of the molecule is CCCCCCCCC=CCCCCCCCC(=O)OC[C@H]1O[C@@H](n2cc(C)c(=O)[nH]c2=O)C[C@@H]1N=[N+]=[N-]. The number of ether oxygens (including phenoxy) is 2. The summed E-state index contributed by atoms with van der Waals surface area (Å²) < 4.78 is 12.5. The summed E-state index contributed by atoms with van der Waals surface area (Å²) in [6.07, 6.45) is 20.8. The van der Waals surface area contributed by atoms with Gasteiger partial charge in [-0.1, -0.05) is 75.6 Å². The topological polar surface area (TPSA) is 139 Å². The molecule has 212 valence electrons. The van der Waals surface area contributed by atoms with Gasteiger partial charge >= 0.3 is 11.7 Å². The van der Waals surface area contributed by atoms with Crippen LogP contribution in [-0.4, -0.2) is 34.3 Å². The van der Waals surface area contributed by atoms with Crippen molar-refractivity contribution >= 4 is 5.97 Å². The fraction of sp³-hybridized carbons (Fsp3) is 0.750. The number of nitrogens with zero attached hydrogens (tertiary/aromatic N) is 4. The third-order valence-electron chi connectivity index (χ3n) is 6.91. The van der Waals surface area contributed by atoms with E-state index in [-0.39, 0.29) is 19.0 Å². The number of aryl methyl sites for hydroxylation is 1. The van der Waals surface area contributed by atoms with E-state index in [1.54, 1.807) is 6.92 Å². The molecule has 3 atom stereocenters. The van der Waals surface area contributed by atoms with Gasteiger partial charge in [-0.25, -0.2) is 4.79 Å². The molecule has 10 nitrogen and oxygen atoms in total. The fourth-order valence-corrected chi connectivity index (χ4v) is 4.61. The van der Waals surface area contributed by atoms with Crippen molar-refractivity contribution in [3.8, 4) is 0 Å². The Morgan fingerprint density at radius 1 is 1.11 bits per heavy atom. The molecular weight excluding hydrogens is 486 g/mol. The second-order valence-corrected chi connectivity index (χ2v) is 10.1. The Morgan fingerprint density at radius 3 is 2.39 bits per heavy atom. The monoisotopic (exact) mass is 531 g/mol. The highest BCUT2D eigenvalue weighted by molar-refractivity contribution is 5.69. The summed E-state index contributed by atoms with van der Waals surface area (Å²) in [5, 5.41) is 3.75. The molecule has 0 aliphatic carbocycles. The highest BCUT2D eigenvalue weighted by Gasteiger charge is 2.37. The Labute approximate surface area is 225 Å². The van der Waals surface area contributed by atoms with Gasteiger partial charge in [0.05, 0.1) is 6.04 Å². The van der Waals surface area contributed by atoms with E-state index in [0.717, 1.165) is 32.1 Å². The fourth-order valence-electron chi connectivity index (χ4n) is 4.61. The van der Waals surface area contributed by atoms with Crippen molar-refractivity contribution in [2.24, 2.45) is 5.11 Å². The van der Waals surface area contributed by atoms with Gasteiger partial charge in [0, 0.05) is 29.5 Å². The van der Waals surface area contributed by atoms with E-state index in [0.29, 0.717) is 12.0 Å². The van der Waals surface area contributed by atoms with E-state index in [4.69, 9.17) is 15.0 Å². The molecule has 0 saturated carbocycles. The molecule has 0 bridgehead atoms. The molecule has 2 rings (SSSR count). The van der Waals surface area contributed by atoms with Crippen LogP contribution >= 0.6 is 0 Å². The lowest BCUT2D eigenvalue weighted by Crippen LogP contribution is -2.33. The molecule has 10 heteroatoms. The molecule has 1 fully saturated rings. The van der Waals surface area contributed by atoms with Gasteiger partial charge in [0.1, 0.15) is 18.9 Å². The maximum Gasteiger partial charge on any atom is 0.330 e. The van der Waals surface area contributed by atoms with E-state index in [1.165, 1.54) is 62.1 Å². The molecule has 0 amide bonds. The van der Waals surface area contributed by atoms with Crippen molar-refractivity contribution in [1.29, 1.82) is 0 Å². The minimum Gasteiger partial charge on any atom is -0.463 e. The average molecular weight is 532 g/mol. The first-order valence-electron chi connectivity index (χ1n) is 14.3. The Bertz CT molecular complexity index is 1030. The van der Waals surface area contributed by atoms with Crippen LogP contribution in [0.2, 0.25) is 0 Å². The van der Waals surface area contributed by atoms with Crippen LogP contribution in [0.3, 0.4) is 0 Å². The van der Waals surface area contributed by atoms with Crippen LogP contribution in [0, 0.1) is 6.92 Å². The van der Waals surface area contributed by atoms with Gasteiger partial charge in [-0.15, -0.1) is 0 Å². The number of H-pyrrole nitrogens is 1. The number of allylic oxidation sites excluding steroid dienone is 2. The lowest BCUT2D eigenvalue weighted by molar-refractivity contribution is -0.148. The summed E-state index contributed by atoms with van der Waals surface area (Å²) in [4.78, 5) is 41.1. The van der Waals surface area contributed by atoms with E-state index in [1.807, 2.05) is 0 Å². The average Bonchev–Trinajstić information content (AvgIpc) is 3.29. The van der Waals surface area contributed by atoms with Crippen molar-refractivity contribution in [1.82, 2.24) is 9.55 Å². The number of rotatable bonds is 19. The normalized spacial score (nSPS) is 19.1. The van der Waals surface area contributed by atoms with Crippen molar-refractivity contribution in [3.63, 3.8) is 0 Å². The second kappa shape index (κ2) is 18.4. The van der Waals surface area contributed by atoms with Crippen molar-refractivity contribution in [3.05, 3.63) is 55.2 Å². The van der Waals surface area contributed by atoms with Crippen LogP contribution in [0.15, 0.2) is 33.1 Å². The van der Waals surface area contributed by atoms with Gasteiger partial charge in [0.25, 0.3) is 5.56 Å². The Hall–Kier alpha value is -2.84. The van der Waals surface area contributed by atoms with Crippen LogP contribution in [0.1, 0.15) is 115 Å². The summed E-state index contributed by atoms with van der Waals surface area (Å²) in [7, 11) is 0. The molecule has 1 aromatic rings. The Balaban J connectivity index is 1.57. The number of unbranched alkanes of at least 4 members (excludes halogenated alkanes) is 11. The van der Waals surface area contributed by atoms with Crippen LogP contribution in [0.5, 0.6) is 0 Å². The molecule has 2 heterocycles. The molecule has 1 saturated heterocycles. The van der Waals surface area contributed by atoms with Gasteiger partial charge in [0.15, 0.2) is 0 Å². The maximum atomic E-state index is 12.2. The van der Waals surface area contributed by atoms with E-state index in [9.17, 15) is 14.4 Å². The zero-order chi connectivity index (χ0) is 27.6. The van der Waals surface area contributed by atoms with E-state index in [2.05, 4.69) is 34.1 Å². The minimum atomic E-state index is -0.720. The number of carbonyl (C=O) groups excluding carboxylic acids is 1. The van der Waals surface area contributed by atoms with Crippen LogP contribution in [0.4, 0.5) is 0 Å². The Morgan fingerprint density at radius 2 is 1.74 bits per heavy atom. The molecule has 0 aromatic carbocycles. The molecule has 1 aliphatic heterocycles. The van der Waals surface area contributed by atoms with Crippen LogP contribution in [-0.2, 0) is 14.3 Å². The van der Waals surface area contributed by atoms with Gasteiger partial charge in [-0.2, -0.15) is 0 Å². The summed E-state index contributed by atoms with van der Waals surface area (Å²) >= 11 is 0. The first-order chi connectivity index (χ1) is 18.5. The highest BCUT2D eigenvalue weighted by Crippen LogP contribution is 2.30. The summed E-state index contributed by atoms with van der Waals surface area (Å²) in [6, 6.07) is -0.586. The van der Waals surface area contributed by atoms with Gasteiger partial charge in [-0.05, 0) is 44.6 Å². The molecule has 0 spiro atoms. The number of azide groups is 1. The number of carbonyl (C=O) groups is 1. The van der Waals surface area contributed by atoms with Crippen LogP contribution < -0.4 is 11.2 Å². The highest BCUT2D eigenvalue weighted by atomic mass is 16.6. The quantitative estimate of drug-likeness (QED) is 0.0550. The summed E-state index contributed by atoms with van der Waals surface area (Å²) in [6.45, 7) is 3.78. The first-order valence-corrected chi connectivity index (χ1v) is 14.3. The smallest absolute Gasteiger partial charge is 0.330 e. The van der Waals surface area contributed by atoms with E-state index >= 15 is 0 Å². The lowest BCUT2D eigenvalue weighted by atomic mass is 10.1. The third kappa shape index (κ3) is 11.7. The number of aromatic amines is 1. The number of hydrogen-bond donors (Lipinski definition) is 1. The third-order valence-corrected chi connectivity index (χ3v) is 6.91. The molecule has 0 radical (unpaired) electrons. The van der Waals surface area contributed by atoms with Crippen molar-refractivity contribution in [2.45, 2.75) is 129 Å². The summed E-state index contributed by atoms with van der Waals surface area (Å²) in [5.74, 6) is -0.314. The molecule has 1 aromatic heterocycles. The van der Waals surface area contributed by atoms with Crippen LogP contribution in [0.25, 0.3) is 10.4 Å². The van der Waals surface area contributed by atoms with E-state index < -0.39 is 29.6 Å². The molecule has 0 unspecified atom stereocenters. The van der Waals surface area contributed by atoms with Crippen molar-refractivity contribution in [2.75, 3.05) is 6.61 Å². The zero-order valence-corrected chi connectivity index (χ0v) is 23.1. The largest absolute Gasteiger partial charge is 0.463 e. The number of nitrogens with one attached hydrogen (secondary N) is 1. The molecule has 1 N–H and O–H groups in total. The zero-order valence-electron chi connectivity index (χ0n) is 23.1. The molecule has 38 heavy (non-hydrogen) atoms. The number of esters is 1. The number of hydrogen-bond acceptors (Lipinski definition) is 6. The molecule has 1 aliphatic rings. The standard InChI is InChI=1S/C28H45N5O5/c1-3-4-5-6-7-8-9-10-11-12-13-14-15-16-17-18-26(34)37-21-24-23(31-32-29)19-25(38-24)33-20-22(2)27(35)30-28(33)36/h10-11,20,23-25H,3-9,12-19,21H2,1-2H3,(H,30,35,36)/t23-,24+,25+/m0/s1. The minimum absolute atomic E-state index is 0.0544. The Kier molecular flexibility index (Phi) is 15.2. The van der Waals surface area contributed by atoms with Crippen molar-refractivity contribution < 1.29 is 14.3 Å². The maximum absolute atomic E-state index is 12.2. The second-order valence-electron chi connectivity index (χ2n) is 10.1. The summed E-state index contributed by atoms with van der Waals surface area (Å²) in [5.41, 5.74) is 8.19. The predicted octanol–water partition coefficient (Wildman–Crippen LogP) is 6.39. The first kappa shape index (κ1) is 31.4. The molecular formula is C28H45N5O5. The lowest BCUT2D eigenvalue weighted by Gasteiger charge is -2.16. The van der Waals surface area contributed by atoms with Gasteiger partial charge in [-0.3, -0.25) is 19.1 Å². The number of aromatic nitrogens is 2. The van der Waals surface area contributed by atoms with Gasteiger partial charge < -0.3 is 9.47 Å². The predicted molar refractivity (Wildman–Crippen MR) is 148 cm³/mol. The van der Waals surface area contributed by atoms with Gasteiger partial charge in [0.2, 0.25) is 0 Å².